The molecule has 1 saturated heterocycles. The molecular weight excluding hydrogens is 388 g/mol. The lowest BCUT2D eigenvalue weighted by atomic mass is 9.89. The number of rotatable bonds is 7. The van der Waals surface area contributed by atoms with Crippen molar-refractivity contribution in [2.45, 2.75) is 18.9 Å². The van der Waals surface area contributed by atoms with Gasteiger partial charge in [0.25, 0.3) is 0 Å². The van der Waals surface area contributed by atoms with Crippen LogP contribution in [-0.4, -0.2) is 43.0 Å². The second-order valence-electron chi connectivity index (χ2n) is 7.24. The number of carbonyl (C=O) groups is 2. The molecule has 0 radical (unpaired) electrons. The smallest absolute Gasteiger partial charge is 0.321 e. The van der Waals surface area contributed by atoms with Crippen LogP contribution in [-0.2, 0) is 11.3 Å². The molecular formula is C22H29ClN4O2. The Kier molecular flexibility index (Phi) is 9.12. The van der Waals surface area contributed by atoms with E-state index in [-0.39, 0.29) is 24.7 Å². The first-order valence-electron chi connectivity index (χ1n) is 9.74. The number of carbonyl (C=O) groups excluding carboxylic acids is 2. The van der Waals surface area contributed by atoms with Crippen LogP contribution in [0.15, 0.2) is 60.7 Å². The Morgan fingerprint density at radius 3 is 2.31 bits per heavy atom. The van der Waals surface area contributed by atoms with Gasteiger partial charge in [0.15, 0.2) is 0 Å². The van der Waals surface area contributed by atoms with Crippen LogP contribution in [0.4, 0.5) is 4.79 Å². The molecule has 1 fully saturated rings. The van der Waals surface area contributed by atoms with Crippen molar-refractivity contribution in [1.29, 1.82) is 0 Å². The van der Waals surface area contributed by atoms with Gasteiger partial charge in [0, 0.05) is 38.5 Å². The SMILES string of the molecule is Cl.NC[C@@H]1CN(CCC(=O)NC(=O)NCc2ccccc2)C[C@H]1c1ccccc1. The van der Waals surface area contributed by atoms with Gasteiger partial charge < -0.3 is 16.0 Å². The van der Waals surface area contributed by atoms with Crippen LogP contribution in [0.3, 0.4) is 0 Å². The second-order valence-corrected chi connectivity index (χ2v) is 7.24. The van der Waals surface area contributed by atoms with Crippen LogP contribution in [0, 0.1) is 5.92 Å². The molecule has 1 aliphatic heterocycles. The molecule has 2 aromatic rings. The molecule has 0 aromatic heterocycles. The van der Waals surface area contributed by atoms with Crippen LogP contribution in [0.2, 0.25) is 0 Å². The lowest BCUT2D eigenvalue weighted by Crippen LogP contribution is -2.40. The number of imide groups is 1. The van der Waals surface area contributed by atoms with Gasteiger partial charge in [-0.15, -0.1) is 12.4 Å². The Labute approximate surface area is 178 Å². The maximum absolute atomic E-state index is 12.1. The van der Waals surface area contributed by atoms with E-state index in [4.69, 9.17) is 5.73 Å². The summed E-state index contributed by atoms with van der Waals surface area (Å²) in [5, 5.41) is 5.10. The van der Waals surface area contributed by atoms with E-state index >= 15 is 0 Å². The average Bonchev–Trinajstić information content (AvgIpc) is 3.16. The van der Waals surface area contributed by atoms with E-state index in [2.05, 4.69) is 27.7 Å². The highest BCUT2D eigenvalue weighted by molar-refractivity contribution is 5.94. The number of hydrogen-bond donors (Lipinski definition) is 3. The molecule has 156 valence electrons. The molecule has 0 unspecified atom stereocenters. The molecule has 1 heterocycles. The molecule has 0 aliphatic carbocycles. The number of nitrogens with one attached hydrogen (secondary N) is 2. The van der Waals surface area contributed by atoms with Gasteiger partial charge in [-0.3, -0.25) is 10.1 Å². The third-order valence-electron chi connectivity index (χ3n) is 5.25. The zero-order chi connectivity index (χ0) is 19.8. The average molecular weight is 417 g/mol. The minimum Gasteiger partial charge on any atom is -0.334 e. The van der Waals surface area contributed by atoms with Crippen LogP contribution in [0.1, 0.15) is 23.5 Å². The number of benzene rings is 2. The lowest BCUT2D eigenvalue weighted by molar-refractivity contribution is -0.120. The zero-order valence-electron chi connectivity index (χ0n) is 16.4. The van der Waals surface area contributed by atoms with Crippen LogP contribution in [0.25, 0.3) is 0 Å². The summed E-state index contributed by atoms with van der Waals surface area (Å²) < 4.78 is 0. The van der Waals surface area contributed by atoms with Crippen molar-refractivity contribution in [3.8, 4) is 0 Å². The summed E-state index contributed by atoms with van der Waals surface area (Å²) in [6.45, 7) is 3.41. The molecule has 0 spiro atoms. The third-order valence-corrected chi connectivity index (χ3v) is 5.25. The number of urea groups is 1. The molecule has 6 nitrogen and oxygen atoms in total. The van der Waals surface area contributed by atoms with E-state index in [1.165, 1.54) is 5.56 Å². The highest BCUT2D eigenvalue weighted by atomic mass is 35.5. The minimum atomic E-state index is -0.461. The molecule has 3 rings (SSSR count). The Morgan fingerprint density at radius 2 is 1.66 bits per heavy atom. The number of nitrogens with two attached hydrogens (primary N) is 1. The highest BCUT2D eigenvalue weighted by Gasteiger charge is 2.32. The molecule has 0 bridgehead atoms. The van der Waals surface area contributed by atoms with Crippen LogP contribution in [0.5, 0.6) is 0 Å². The quantitative estimate of drug-likeness (QED) is 0.647. The lowest BCUT2D eigenvalue weighted by Gasteiger charge is -2.16. The third kappa shape index (κ3) is 6.85. The van der Waals surface area contributed by atoms with E-state index in [9.17, 15) is 9.59 Å². The van der Waals surface area contributed by atoms with Gasteiger partial charge in [-0.1, -0.05) is 60.7 Å². The van der Waals surface area contributed by atoms with Crippen LogP contribution >= 0.6 is 12.4 Å². The van der Waals surface area contributed by atoms with Gasteiger partial charge in [0.05, 0.1) is 0 Å². The van der Waals surface area contributed by atoms with E-state index in [0.29, 0.717) is 31.5 Å². The summed E-state index contributed by atoms with van der Waals surface area (Å²) in [4.78, 5) is 26.2. The van der Waals surface area contributed by atoms with E-state index in [1.54, 1.807) is 0 Å². The van der Waals surface area contributed by atoms with Gasteiger partial charge in [-0.05, 0) is 23.6 Å². The Hall–Kier alpha value is -2.41. The zero-order valence-corrected chi connectivity index (χ0v) is 17.2. The van der Waals surface area contributed by atoms with Gasteiger partial charge in [-0.2, -0.15) is 0 Å². The summed E-state index contributed by atoms with van der Waals surface area (Å²) in [5.74, 6) is 0.515. The predicted molar refractivity (Wildman–Crippen MR) is 117 cm³/mol. The van der Waals surface area contributed by atoms with Crippen molar-refractivity contribution in [2.24, 2.45) is 11.7 Å². The number of halogens is 1. The van der Waals surface area contributed by atoms with Crippen molar-refractivity contribution in [1.82, 2.24) is 15.5 Å². The molecule has 2 atom stereocenters. The molecule has 3 amide bonds. The molecule has 2 aromatic carbocycles. The Bertz CT molecular complexity index is 773. The van der Waals surface area contributed by atoms with Crippen molar-refractivity contribution in [3.63, 3.8) is 0 Å². The maximum atomic E-state index is 12.1. The molecule has 7 heteroatoms. The second kappa shape index (κ2) is 11.6. The van der Waals surface area contributed by atoms with Gasteiger partial charge in [0.1, 0.15) is 0 Å². The summed E-state index contributed by atoms with van der Waals surface area (Å²) in [5.41, 5.74) is 8.25. The first-order valence-corrected chi connectivity index (χ1v) is 9.74. The van der Waals surface area contributed by atoms with Crippen molar-refractivity contribution < 1.29 is 9.59 Å². The van der Waals surface area contributed by atoms with Crippen LogP contribution < -0.4 is 16.4 Å². The highest BCUT2D eigenvalue weighted by Crippen LogP contribution is 2.31. The number of hydrogen-bond acceptors (Lipinski definition) is 4. The largest absolute Gasteiger partial charge is 0.334 e. The first-order chi connectivity index (χ1) is 13.7. The number of nitrogens with zero attached hydrogens (tertiary/aromatic N) is 1. The fourth-order valence-electron chi connectivity index (χ4n) is 3.73. The predicted octanol–water partition coefficient (Wildman–Crippen LogP) is 2.50. The fraction of sp³-hybridized carbons (Fsp3) is 0.364. The summed E-state index contributed by atoms with van der Waals surface area (Å²) >= 11 is 0. The van der Waals surface area contributed by atoms with Crippen molar-refractivity contribution in [2.75, 3.05) is 26.2 Å². The number of likely N-dealkylation sites (tertiary alicyclic amines) is 1. The standard InChI is InChI=1S/C22H28N4O2.ClH/c23-13-19-15-26(16-20(19)18-9-5-2-6-10-18)12-11-21(27)25-22(28)24-14-17-7-3-1-4-8-17;/h1-10,19-20H,11-16,23H2,(H2,24,25,27,28);1H/t19-,20+;/m1./s1. The number of amides is 3. The minimum absolute atomic E-state index is 0. The maximum Gasteiger partial charge on any atom is 0.321 e. The van der Waals surface area contributed by atoms with Crippen molar-refractivity contribution in [3.05, 3.63) is 71.8 Å². The Morgan fingerprint density at radius 1 is 1.00 bits per heavy atom. The topological polar surface area (TPSA) is 87.5 Å². The molecule has 1 aliphatic rings. The van der Waals surface area contributed by atoms with Gasteiger partial charge in [-0.25, -0.2) is 4.79 Å². The van der Waals surface area contributed by atoms with E-state index in [1.807, 2.05) is 48.5 Å². The van der Waals surface area contributed by atoms with Gasteiger partial charge in [0.2, 0.25) is 5.91 Å². The van der Waals surface area contributed by atoms with E-state index < -0.39 is 6.03 Å². The fourth-order valence-corrected chi connectivity index (χ4v) is 3.73. The summed E-state index contributed by atoms with van der Waals surface area (Å²) in [6, 6.07) is 19.5. The first kappa shape index (κ1) is 22.9. The molecule has 4 N–H and O–H groups in total. The molecule has 29 heavy (non-hydrogen) atoms. The summed E-state index contributed by atoms with van der Waals surface area (Å²) in [6.07, 6.45) is 0.289. The summed E-state index contributed by atoms with van der Waals surface area (Å²) in [7, 11) is 0. The Balaban J connectivity index is 0.00000300. The molecule has 0 saturated carbocycles. The monoisotopic (exact) mass is 416 g/mol. The normalized spacial score (nSPS) is 18.7. The van der Waals surface area contributed by atoms with Gasteiger partial charge >= 0.3 is 6.03 Å². The van der Waals surface area contributed by atoms with E-state index in [0.717, 1.165) is 18.7 Å². The van der Waals surface area contributed by atoms with Crippen molar-refractivity contribution >= 4 is 24.3 Å².